The number of nitrogens with one attached hydrogen (secondary N) is 1. The normalized spacial score (nSPS) is 15.6. The summed E-state index contributed by atoms with van der Waals surface area (Å²) in [5.41, 5.74) is 3.66. The summed E-state index contributed by atoms with van der Waals surface area (Å²) in [6, 6.07) is 7.69. The van der Waals surface area contributed by atoms with Crippen LogP contribution in [0.3, 0.4) is 0 Å². The molecule has 1 fully saturated rings. The molecule has 1 aromatic rings. The molecule has 2 rings (SSSR count). The number of amides is 1. The Bertz CT molecular complexity index is 422. The van der Waals surface area contributed by atoms with Gasteiger partial charge in [-0.1, -0.05) is 36.6 Å². The van der Waals surface area contributed by atoms with E-state index in [-0.39, 0.29) is 12.0 Å². The van der Waals surface area contributed by atoms with Gasteiger partial charge in [0.15, 0.2) is 0 Å². The Hall–Kier alpha value is -0.710. The Kier molecular flexibility index (Phi) is 6.01. The predicted octanol–water partition coefficient (Wildman–Crippen LogP) is 3.56. The molecule has 0 aromatic heterocycles. The molecule has 0 heterocycles. The summed E-state index contributed by atoms with van der Waals surface area (Å²) in [6.45, 7) is 0. The zero-order chi connectivity index (χ0) is 13.5. The van der Waals surface area contributed by atoms with Crippen molar-refractivity contribution in [1.82, 2.24) is 5.48 Å². The van der Waals surface area contributed by atoms with Crippen molar-refractivity contribution >= 4 is 29.3 Å². The molecule has 1 N–H and O–H groups in total. The summed E-state index contributed by atoms with van der Waals surface area (Å²) in [4.78, 5) is 16.9. The highest BCUT2D eigenvalue weighted by Gasteiger charge is 2.16. The second-order valence-electron chi connectivity index (χ2n) is 4.67. The van der Waals surface area contributed by atoms with Gasteiger partial charge in [0.25, 0.3) is 5.91 Å². The first-order chi connectivity index (χ1) is 9.24. The first kappa shape index (κ1) is 14.7. The van der Waals surface area contributed by atoms with Gasteiger partial charge in [0.05, 0.1) is 11.9 Å². The Labute approximate surface area is 123 Å². The number of thioether (sulfide) groups is 1. The van der Waals surface area contributed by atoms with Crippen molar-refractivity contribution in [2.45, 2.75) is 37.5 Å². The van der Waals surface area contributed by atoms with E-state index in [1.54, 1.807) is 11.8 Å². The van der Waals surface area contributed by atoms with Crippen molar-refractivity contribution in [2.75, 3.05) is 5.75 Å². The third kappa shape index (κ3) is 5.43. The summed E-state index contributed by atoms with van der Waals surface area (Å²) in [5, 5.41) is 0.729. The summed E-state index contributed by atoms with van der Waals surface area (Å²) >= 11 is 7.46. The number of hydrogen-bond donors (Lipinski definition) is 1. The molecule has 0 saturated heterocycles. The van der Waals surface area contributed by atoms with Gasteiger partial charge in [-0.25, -0.2) is 5.48 Å². The number of rotatable bonds is 6. The van der Waals surface area contributed by atoms with Crippen LogP contribution in [0.25, 0.3) is 0 Å². The van der Waals surface area contributed by atoms with E-state index < -0.39 is 0 Å². The highest BCUT2D eigenvalue weighted by molar-refractivity contribution is 7.99. The van der Waals surface area contributed by atoms with Crippen LogP contribution in [0, 0.1) is 0 Å². The number of benzene rings is 1. The number of halogens is 1. The Morgan fingerprint density at radius 2 is 2.21 bits per heavy atom. The Morgan fingerprint density at radius 1 is 1.42 bits per heavy atom. The maximum Gasteiger partial charge on any atom is 0.253 e. The number of carbonyl (C=O) groups excluding carboxylic acids is 1. The number of hydroxylamine groups is 1. The molecule has 0 atom stereocenters. The smallest absolute Gasteiger partial charge is 0.253 e. The topological polar surface area (TPSA) is 38.3 Å². The molecule has 0 bridgehead atoms. The highest BCUT2D eigenvalue weighted by atomic mass is 35.5. The first-order valence-electron chi connectivity index (χ1n) is 6.51. The quantitative estimate of drug-likeness (QED) is 0.816. The van der Waals surface area contributed by atoms with Crippen molar-refractivity contribution in [3.05, 3.63) is 34.9 Å². The van der Waals surface area contributed by atoms with Crippen molar-refractivity contribution in [3.63, 3.8) is 0 Å². The maximum atomic E-state index is 11.6. The molecule has 0 unspecified atom stereocenters. The van der Waals surface area contributed by atoms with Crippen LogP contribution in [-0.4, -0.2) is 17.8 Å². The van der Waals surface area contributed by atoms with E-state index in [1.165, 1.54) is 12.8 Å². The molecule has 104 valence electrons. The molecule has 0 spiro atoms. The zero-order valence-corrected chi connectivity index (χ0v) is 12.3. The van der Waals surface area contributed by atoms with E-state index in [1.807, 2.05) is 24.3 Å². The maximum absolute atomic E-state index is 11.6. The molecular formula is C14H18ClNO2S. The van der Waals surface area contributed by atoms with Crippen molar-refractivity contribution in [1.29, 1.82) is 0 Å². The molecule has 1 aliphatic carbocycles. The van der Waals surface area contributed by atoms with Crippen LogP contribution in [0.2, 0.25) is 5.02 Å². The third-order valence-corrected chi connectivity index (χ3v) is 4.27. The SMILES string of the molecule is O=C(CSCc1cccc(Cl)c1)NOC1CCCC1. The lowest BCUT2D eigenvalue weighted by atomic mass is 10.2. The standard InChI is InChI=1S/C14H18ClNO2S/c15-12-5-3-4-11(8-12)9-19-10-14(17)16-18-13-6-1-2-7-13/h3-5,8,13H,1-2,6-7,9-10H2,(H,16,17). The van der Waals surface area contributed by atoms with Gasteiger partial charge in [0.1, 0.15) is 0 Å². The summed E-state index contributed by atoms with van der Waals surface area (Å²) in [6.07, 6.45) is 4.71. The lowest BCUT2D eigenvalue weighted by Gasteiger charge is -2.11. The molecule has 1 aromatic carbocycles. The molecule has 19 heavy (non-hydrogen) atoms. The van der Waals surface area contributed by atoms with Crippen LogP contribution in [0.5, 0.6) is 0 Å². The van der Waals surface area contributed by atoms with Gasteiger partial charge in [-0.2, -0.15) is 0 Å². The second kappa shape index (κ2) is 7.78. The van der Waals surface area contributed by atoms with Crippen LogP contribution >= 0.6 is 23.4 Å². The van der Waals surface area contributed by atoms with Gasteiger partial charge < -0.3 is 0 Å². The van der Waals surface area contributed by atoms with Gasteiger partial charge in [0.2, 0.25) is 0 Å². The van der Waals surface area contributed by atoms with Crippen LogP contribution in [0.15, 0.2) is 24.3 Å². The number of hydrogen-bond acceptors (Lipinski definition) is 3. The molecule has 5 heteroatoms. The largest absolute Gasteiger partial charge is 0.272 e. The molecule has 0 radical (unpaired) electrons. The van der Waals surface area contributed by atoms with Crippen LogP contribution in [0.1, 0.15) is 31.2 Å². The van der Waals surface area contributed by atoms with Gasteiger partial charge in [0, 0.05) is 10.8 Å². The Morgan fingerprint density at radius 3 is 2.95 bits per heavy atom. The van der Waals surface area contributed by atoms with Crippen molar-refractivity contribution in [2.24, 2.45) is 0 Å². The molecule has 3 nitrogen and oxygen atoms in total. The van der Waals surface area contributed by atoms with Crippen LogP contribution < -0.4 is 5.48 Å². The minimum atomic E-state index is -0.0704. The van der Waals surface area contributed by atoms with Crippen LogP contribution in [0.4, 0.5) is 0 Å². The monoisotopic (exact) mass is 299 g/mol. The first-order valence-corrected chi connectivity index (χ1v) is 8.04. The van der Waals surface area contributed by atoms with Crippen molar-refractivity contribution < 1.29 is 9.63 Å². The fraction of sp³-hybridized carbons (Fsp3) is 0.500. The molecular weight excluding hydrogens is 282 g/mol. The van der Waals surface area contributed by atoms with E-state index in [9.17, 15) is 4.79 Å². The van der Waals surface area contributed by atoms with Gasteiger partial charge >= 0.3 is 0 Å². The summed E-state index contributed by atoms with van der Waals surface area (Å²) in [5.74, 6) is 1.11. The fourth-order valence-corrected chi connectivity index (χ4v) is 3.05. The molecule has 1 saturated carbocycles. The van der Waals surface area contributed by atoms with E-state index >= 15 is 0 Å². The minimum absolute atomic E-state index is 0.0704. The Balaban J connectivity index is 1.60. The van der Waals surface area contributed by atoms with Gasteiger partial charge in [-0.3, -0.25) is 9.63 Å². The van der Waals surface area contributed by atoms with E-state index in [0.717, 1.165) is 29.2 Å². The van der Waals surface area contributed by atoms with Gasteiger partial charge in [-0.15, -0.1) is 11.8 Å². The number of carbonyl (C=O) groups is 1. The van der Waals surface area contributed by atoms with E-state index in [4.69, 9.17) is 16.4 Å². The molecule has 1 aliphatic rings. The minimum Gasteiger partial charge on any atom is -0.272 e. The highest BCUT2D eigenvalue weighted by Crippen LogP contribution is 2.20. The zero-order valence-electron chi connectivity index (χ0n) is 10.7. The molecule has 1 amide bonds. The van der Waals surface area contributed by atoms with E-state index in [2.05, 4.69) is 5.48 Å². The summed E-state index contributed by atoms with van der Waals surface area (Å²) in [7, 11) is 0. The van der Waals surface area contributed by atoms with Crippen LogP contribution in [-0.2, 0) is 15.4 Å². The average Bonchev–Trinajstić information content (AvgIpc) is 2.89. The lowest BCUT2D eigenvalue weighted by molar-refractivity contribution is -0.135. The third-order valence-electron chi connectivity index (χ3n) is 3.03. The fourth-order valence-electron chi connectivity index (χ4n) is 2.07. The van der Waals surface area contributed by atoms with Gasteiger partial charge in [-0.05, 0) is 30.5 Å². The molecule has 0 aliphatic heterocycles. The van der Waals surface area contributed by atoms with E-state index in [0.29, 0.717) is 5.75 Å². The van der Waals surface area contributed by atoms with Crippen molar-refractivity contribution in [3.8, 4) is 0 Å². The predicted molar refractivity (Wildman–Crippen MR) is 79.1 cm³/mol. The lowest BCUT2D eigenvalue weighted by Crippen LogP contribution is -2.29. The average molecular weight is 300 g/mol. The second-order valence-corrected chi connectivity index (χ2v) is 6.09. The summed E-state index contributed by atoms with van der Waals surface area (Å²) < 4.78 is 0.